The lowest BCUT2D eigenvalue weighted by Gasteiger charge is -2.09. The maximum absolute atomic E-state index is 12.1. The Morgan fingerprint density at radius 1 is 1.12 bits per heavy atom. The number of benzene rings is 1. The molecule has 4 rings (SSSR count). The molecule has 120 valence electrons. The summed E-state index contributed by atoms with van der Waals surface area (Å²) in [5.41, 5.74) is 3.72. The van der Waals surface area contributed by atoms with Crippen LogP contribution in [0.2, 0.25) is 0 Å². The minimum Gasteiger partial charge on any atom is -0.457 e. The summed E-state index contributed by atoms with van der Waals surface area (Å²) in [6.07, 6.45) is 6.22. The Morgan fingerprint density at radius 3 is 2.67 bits per heavy atom. The molecule has 1 aromatic carbocycles. The topological polar surface area (TPSA) is 69.4 Å². The third-order valence-electron chi connectivity index (χ3n) is 4.32. The van der Waals surface area contributed by atoms with Crippen molar-refractivity contribution in [1.29, 1.82) is 0 Å². The van der Waals surface area contributed by atoms with Crippen LogP contribution in [0.4, 0.5) is 0 Å². The summed E-state index contributed by atoms with van der Waals surface area (Å²) < 4.78 is 10.7. The van der Waals surface area contributed by atoms with E-state index >= 15 is 0 Å². The van der Waals surface area contributed by atoms with E-state index in [0.717, 1.165) is 24.6 Å². The van der Waals surface area contributed by atoms with Gasteiger partial charge < -0.3 is 9.15 Å². The Kier molecular flexibility index (Phi) is 3.61. The Hall–Kier alpha value is -2.95. The van der Waals surface area contributed by atoms with Gasteiger partial charge in [-0.05, 0) is 54.7 Å². The van der Waals surface area contributed by atoms with Crippen LogP contribution in [0.5, 0.6) is 0 Å². The Morgan fingerprint density at radius 2 is 1.88 bits per heavy atom. The Bertz CT molecular complexity index is 976. The molecule has 2 heterocycles. The first-order valence-electron chi connectivity index (χ1n) is 7.86. The van der Waals surface area contributed by atoms with Crippen molar-refractivity contribution < 1.29 is 13.9 Å². The molecule has 0 saturated carbocycles. The lowest BCUT2D eigenvalue weighted by atomic mass is 10.0. The number of esters is 1. The summed E-state index contributed by atoms with van der Waals surface area (Å²) in [5, 5.41) is 0.831. The van der Waals surface area contributed by atoms with Gasteiger partial charge in [-0.15, -0.1) is 0 Å². The number of pyridine rings is 1. The van der Waals surface area contributed by atoms with E-state index in [9.17, 15) is 9.59 Å². The number of ether oxygens (including phenoxy) is 1. The molecule has 1 aliphatic carbocycles. The van der Waals surface area contributed by atoms with Crippen molar-refractivity contribution in [1.82, 2.24) is 4.98 Å². The van der Waals surface area contributed by atoms with Crippen LogP contribution < -0.4 is 5.63 Å². The fourth-order valence-electron chi connectivity index (χ4n) is 3.13. The molecule has 0 spiro atoms. The molecule has 5 heteroatoms. The highest BCUT2D eigenvalue weighted by Gasteiger charge is 2.16. The minimum atomic E-state index is -0.444. The molecule has 0 aliphatic heterocycles. The van der Waals surface area contributed by atoms with Gasteiger partial charge in [0.15, 0.2) is 0 Å². The number of hydrogen-bond donors (Lipinski definition) is 0. The SMILES string of the molecule is O=C(OCc1cc(=O)oc2cc3c(cc12)CCC3)c1ccncc1. The standard InChI is InChI=1S/C19H15NO4/c21-18-10-15(11-23-19(22)12-4-6-20-7-5-12)16-8-13-2-1-3-14(13)9-17(16)24-18/h4-10H,1-3,11H2. The highest BCUT2D eigenvalue weighted by atomic mass is 16.5. The Labute approximate surface area is 137 Å². The molecular weight excluding hydrogens is 306 g/mol. The van der Waals surface area contributed by atoms with E-state index in [-0.39, 0.29) is 6.61 Å². The minimum absolute atomic E-state index is 0.0298. The average molecular weight is 321 g/mol. The lowest BCUT2D eigenvalue weighted by Crippen LogP contribution is -2.08. The predicted molar refractivity (Wildman–Crippen MR) is 87.9 cm³/mol. The first-order chi connectivity index (χ1) is 11.7. The van der Waals surface area contributed by atoms with Crippen LogP contribution in [-0.4, -0.2) is 11.0 Å². The molecule has 0 radical (unpaired) electrons. The molecule has 1 aliphatic rings. The van der Waals surface area contributed by atoms with Crippen molar-refractivity contribution in [2.45, 2.75) is 25.9 Å². The fourth-order valence-corrected chi connectivity index (χ4v) is 3.13. The highest BCUT2D eigenvalue weighted by Crippen LogP contribution is 2.28. The van der Waals surface area contributed by atoms with E-state index in [0.29, 0.717) is 16.7 Å². The zero-order valence-corrected chi connectivity index (χ0v) is 13.0. The highest BCUT2D eigenvalue weighted by molar-refractivity contribution is 5.89. The monoisotopic (exact) mass is 321 g/mol. The normalized spacial score (nSPS) is 13.0. The van der Waals surface area contributed by atoms with Gasteiger partial charge in [-0.1, -0.05) is 0 Å². The summed E-state index contributed by atoms with van der Waals surface area (Å²) in [7, 11) is 0. The van der Waals surface area contributed by atoms with Crippen molar-refractivity contribution in [3.63, 3.8) is 0 Å². The first-order valence-corrected chi connectivity index (χ1v) is 7.86. The van der Waals surface area contributed by atoms with Crippen LogP contribution in [0.25, 0.3) is 11.0 Å². The molecule has 0 amide bonds. The van der Waals surface area contributed by atoms with Crippen LogP contribution in [0.1, 0.15) is 33.5 Å². The van der Waals surface area contributed by atoms with Crippen LogP contribution in [-0.2, 0) is 24.2 Å². The van der Waals surface area contributed by atoms with Crippen molar-refractivity contribution in [3.8, 4) is 0 Å². The van der Waals surface area contributed by atoms with Gasteiger partial charge in [-0.25, -0.2) is 9.59 Å². The summed E-state index contributed by atoms with van der Waals surface area (Å²) in [6, 6.07) is 8.56. The molecule has 2 aromatic heterocycles. The van der Waals surface area contributed by atoms with Crippen molar-refractivity contribution in [2.24, 2.45) is 0 Å². The number of carbonyl (C=O) groups excluding carboxylic acids is 1. The second kappa shape index (κ2) is 5.92. The zero-order chi connectivity index (χ0) is 16.5. The van der Waals surface area contributed by atoms with E-state index in [4.69, 9.17) is 9.15 Å². The lowest BCUT2D eigenvalue weighted by molar-refractivity contribution is 0.0473. The molecule has 0 fully saturated rings. The number of rotatable bonds is 3. The number of fused-ring (bicyclic) bond motifs is 2. The van der Waals surface area contributed by atoms with Gasteiger partial charge in [0.25, 0.3) is 0 Å². The van der Waals surface area contributed by atoms with Gasteiger partial charge in [0.05, 0.1) is 5.56 Å². The Balaban J connectivity index is 1.66. The van der Waals surface area contributed by atoms with Gasteiger partial charge >= 0.3 is 11.6 Å². The third kappa shape index (κ3) is 2.69. The van der Waals surface area contributed by atoms with Gasteiger partial charge in [-0.2, -0.15) is 0 Å². The third-order valence-corrected chi connectivity index (χ3v) is 4.32. The van der Waals surface area contributed by atoms with Gasteiger partial charge in [0.1, 0.15) is 12.2 Å². The second-order valence-electron chi connectivity index (χ2n) is 5.87. The summed E-state index contributed by atoms with van der Waals surface area (Å²) in [5.74, 6) is -0.444. The van der Waals surface area contributed by atoms with Gasteiger partial charge in [-0.3, -0.25) is 4.98 Å². The van der Waals surface area contributed by atoms with E-state index in [1.807, 2.05) is 6.07 Å². The fraction of sp³-hybridized carbons (Fsp3) is 0.211. The second-order valence-corrected chi connectivity index (χ2v) is 5.87. The molecule has 0 atom stereocenters. The van der Waals surface area contributed by atoms with Crippen molar-refractivity contribution >= 4 is 16.9 Å². The summed E-state index contributed by atoms with van der Waals surface area (Å²) >= 11 is 0. The molecular formula is C19H15NO4. The zero-order valence-electron chi connectivity index (χ0n) is 13.0. The first kappa shape index (κ1) is 14.6. The summed E-state index contributed by atoms with van der Waals surface area (Å²) in [6.45, 7) is 0.0298. The molecule has 0 unspecified atom stereocenters. The molecule has 5 nitrogen and oxygen atoms in total. The maximum Gasteiger partial charge on any atom is 0.338 e. The number of carbonyl (C=O) groups is 1. The van der Waals surface area contributed by atoms with Crippen LogP contribution >= 0.6 is 0 Å². The maximum atomic E-state index is 12.1. The van der Waals surface area contributed by atoms with Crippen LogP contribution in [0.15, 0.2) is 51.9 Å². The average Bonchev–Trinajstić information content (AvgIpc) is 3.05. The van der Waals surface area contributed by atoms with E-state index in [2.05, 4.69) is 11.1 Å². The van der Waals surface area contributed by atoms with Crippen molar-refractivity contribution in [2.75, 3.05) is 0 Å². The number of aryl methyl sites for hydroxylation is 2. The van der Waals surface area contributed by atoms with Gasteiger partial charge in [0.2, 0.25) is 0 Å². The van der Waals surface area contributed by atoms with Crippen molar-refractivity contribution in [3.05, 3.63) is 75.4 Å². The molecule has 0 bridgehead atoms. The molecule has 0 N–H and O–H groups in total. The quantitative estimate of drug-likeness (QED) is 0.548. The summed E-state index contributed by atoms with van der Waals surface area (Å²) in [4.78, 5) is 27.7. The number of aromatic nitrogens is 1. The van der Waals surface area contributed by atoms with Gasteiger partial charge in [0, 0.05) is 29.4 Å². The largest absolute Gasteiger partial charge is 0.457 e. The number of hydrogen-bond acceptors (Lipinski definition) is 5. The van der Waals surface area contributed by atoms with E-state index < -0.39 is 11.6 Å². The van der Waals surface area contributed by atoms with E-state index in [1.54, 1.807) is 12.1 Å². The molecule has 24 heavy (non-hydrogen) atoms. The number of nitrogens with zero attached hydrogens (tertiary/aromatic N) is 1. The molecule has 3 aromatic rings. The smallest absolute Gasteiger partial charge is 0.338 e. The van der Waals surface area contributed by atoms with Crippen LogP contribution in [0.3, 0.4) is 0 Å². The predicted octanol–water partition coefficient (Wildman–Crippen LogP) is 3.03. The van der Waals surface area contributed by atoms with Crippen LogP contribution in [0, 0.1) is 0 Å². The molecule has 0 saturated heterocycles. The van der Waals surface area contributed by atoms with E-state index in [1.165, 1.54) is 29.6 Å².